The lowest BCUT2D eigenvalue weighted by Gasteiger charge is -2.18. The molecule has 29 heavy (non-hydrogen) atoms. The Balaban J connectivity index is 1.53. The minimum absolute atomic E-state index is 0.0533. The smallest absolute Gasteiger partial charge is 0.435 e. The Morgan fingerprint density at radius 2 is 2.07 bits per heavy atom. The van der Waals surface area contributed by atoms with Gasteiger partial charge in [-0.05, 0) is 43.4 Å². The van der Waals surface area contributed by atoms with Gasteiger partial charge in [-0.25, -0.2) is 0 Å². The third kappa shape index (κ3) is 4.33. The van der Waals surface area contributed by atoms with Gasteiger partial charge in [-0.2, -0.15) is 18.3 Å². The molecule has 1 aliphatic carbocycles. The van der Waals surface area contributed by atoms with Crippen LogP contribution in [-0.4, -0.2) is 32.2 Å². The Hall–Kier alpha value is -1.55. The number of nitrogens with zero attached hydrogens (tertiary/aromatic N) is 2. The Morgan fingerprint density at radius 3 is 2.79 bits per heavy atom. The normalized spacial score (nSPS) is 20.0. The van der Waals surface area contributed by atoms with E-state index in [0.717, 1.165) is 18.4 Å². The maximum Gasteiger partial charge on any atom is 0.435 e. The first-order valence-corrected chi connectivity index (χ1v) is 11.1. The molecule has 0 amide bonds. The molecule has 0 spiro atoms. The summed E-state index contributed by atoms with van der Waals surface area (Å²) >= 11 is -1.07. The van der Waals surface area contributed by atoms with E-state index < -0.39 is 23.2 Å². The number of alkyl halides is 3. The monoisotopic (exact) mass is 426 g/mol. The molecule has 2 heterocycles. The summed E-state index contributed by atoms with van der Waals surface area (Å²) in [6, 6.07) is 6.18. The van der Waals surface area contributed by atoms with Crippen LogP contribution in [0.1, 0.15) is 47.5 Å². The van der Waals surface area contributed by atoms with Gasteiger partial charge in [0.2, 0.25) is 0 Å². The third-order valence-corrected chi connectivity index (χ3v) is 6.94. The highest BCUT2D eigenvalue weighted by atomic mass is 32.2. The summed E-state index contributed by atoms with van der Waals surface area (Å²) in [5.41, 5.74) is 3.47. The second-order valence-corrected chi connectivity index (χ2v) is 9.80. The van der Waals surface area contributed by atoms with Crippen LogP contribution in [0.2, 0.25) is 0 Å². The summed E-state index contributed by atoms with van der Waals surface area (Å²) in [7, 11) is 0. The maximum absolute atomic E-state index is 13.4. The highest BCUT2D eigenvalue weighted by Gasteiger charge is 2.39. The second-order valence-electron chi connectivity index (χ2n) is 8.03. The van der Waals surface area contributed by atoms with Crippen molar-refractivity contribution in [1.29, 1.82) is 0 Å². The Bertz CT molecular complexity index is 897. The molecule has 2 atom stereocenters. The van der Waals surface area contributed by atoms with Crippen molar-refractivity contribution in [3.8, 4) is 0 Å². The van der Waals surface area contributed by atoms with E-state index in [1.54, 1.807) is 0 Å². The summed E-state index contributed by atoms with van der Waals surface area (Å²) in [4.78, 5) is 0. The SMILES string of the molecule is CC(C)[S+]([O-])N[C@@H]1Cc2ccc(Cn3nc(C(F)(F)F)c4c3CCNC4)cc2C1. The first-order valence-electron chi connectivity index (χ1n) is 9.86. The fraction of sp³-hybridized carbons (Fsp3) is 0.550. The van der Waals surface area contributed by atoms with Crippen LogP contribution >= 0.6 is 0 Å². The second kappa shape index (κ2) is 7.94. The van der Waals surface area contributed by atoms with Crippen LogP contribution in [-0.2, 0) is 49.9 Å². The van der Waals surface area contributed by atoms with E-state index in [2.05, 4.69) is 21.2 Å². The zero-order valence-corrected chi connectivity index (χ0v) is 17.3. The van der Waals surface area contributed by atoms with Gasteiger partial charge in [-0.3, -0.25) is 4.68 Å². The molecule has 1 aromatic heterocycles. The molecule has 1 unspecified atom stereocenters. The van der Waals surface area contributed by atoms with E-state index in [4.69, 9.17) is 0 Å². The summed E-state index contributed by atoms with van der Waals surface area (Å²) < 4.78 is 56.9. The van der Waals surface area contributed by atoms with Gasteiger partial charge in [0.25, 0.3) is 0 Å². The van der Waals surface area contributed by atoms with E-state index in [1.807, 2.05) is 26.0 Å². The van der Waals surface area contributed by atoms with E-state index in [1.165, 1.54) is 15.8 Å². The Kier molecular flexibility index (Phi) is 5.67. The molecule has 2 aliphatic rings. The van der Waals surface area contributed by atoms with Crippen molar-refractivity contribution in [2.24, 2.45) is 0 Å². The molecule has 1 aliphatic heterocycles. The number of hydrogen-bond acceptors (Lipinski definition) is 4. The van der Waals surface area contributed by atoms with Crippen LogP contribution in [0.15, 0.2) is 18.2 Å². The summed E-state index contributed by atoms with van der Waals surface area (Å²) in [6.07, 6.45) is -2.32. The zero-order valence-electron chi connectivity index (χ0n) is 16.5. The lowest BCUT2D eigenvalue weighted by molar-refractivity contribution is -0.142. The van der Waals surface area contributed by atoms with Crippen LogP contribution in [0.4, 0.5) is 13.2 Å². The standard InChI is InChI=1S/C20H25F3N4OS/c1-12(2)29(28)26-16-8-14-4-3-13(7-15(14)9-16)11-27-18-5-6-24-10-17(18)19(25-27)20(21,22)23/h3-4,7,12,16,24,26H,5-6,8-11H2,1-2H3/t16-,29?/m1/s1. The quantitative estimate of drug-likeness (QED) is 0.722. The van der Waals surface area contributed by atoms with Crippen molar-refractivity contribution >= 4 is 11.4 Å². The van der Waals surface area contributed by atoms with E-state index in [0.29, 0.717) is 25.2 Å². The van der Waals surface area contributed by atoms with Crippen LogP contribution in [0.25, 0.3) is 0 Å². The number of benzene rings is 1. The minimum atomic E-state index is -4.45. The molecule has 0 bridgehead atoms. The Labute approximate surface area is 171 Å². The Morgan fingerprint density at radius 1 is 1.31 bits per heavy atom. The van der Waals surface area contributed by atoms with E-state index >= 15 is 0 Å². The molecule has 1 aromatic carbocycles. The van der Waals surface area contributed by atoms with Crippen molar-refractivity contribution in [1.82, 2.24) is 19.8 Å². The van der Waals surface area contributed by atoms with Gasteiger partial charge in [0.15, 0.2) is 5.69 Å². The molecule has 0 saturated heterocycles. The van der Waals surface area contributed by atoms with Crippen LogP contribution in [0.5, 0.6) is 0 Å². The van der Waals surface area contributed by atoms with E-state index in [9.17, 15) is 17.7 Å². The van der Waals surface area contributed by atoms with Gasteiger partial charge in [-0.1, -0.05) is 18.2 Å². The van der Waals surface area contributed by atoms with Gasteiger partial charge in [0.05, 0.1) is 12.6 Å². The molecular formula is C20H25F3N4OS. The van der Waals surface area contributed by atoms with Gasteiger partial charge in [0.1, 0.15) is 5.25 Å². The first-order chi connectivity index (χ1) is 13.7. The number of rotatable bonds is 5. The molecule has 2 aromatic rings. The first kappa shape index (κ1) is 20.7. The molecule has 158 valence electrons. The topological polar surface area (TPSA) is 64.9 Å². The average molecular weight is 427 g/mol. The highest BCUT2D eigenvalue weighted by molar-refractivity contribution is 7.90. The lowest BCUT2D eigenvalue weighted by Crippen LogP contribution is -2.39. The van der Waals surface area contributed by atoms with Crippen molar-refractivity contribution in [2.75, 3.05) is 6.54 Å². The van der Waals surface area contributed by atoms with Gasteiger partial charge in [-0.15, -0.1) is 4.72 Å². The lowest BCUT2D eigenvalue weighted by atomic mass is 10.1. The third-order valence-electron chi connectivity index (χ3n) is 5.52. The molecule has 0 radical (unpaired) electrons. The van der Waals surface area contributed by atoms with Crippen molar-refractivity contribution in [3.05, 3.63) is 51.8 Å². The molecule has 0 saturated carbocycles. The predicted octanol–water partition coefficient (Wildman–Crippen LogP) is 2.72. The van der Waals surface area contributed by atoms with E-state index in [-0.39, 0.29) is 23.4 Å². The fourth-order valence-electron chi connectivity index (χ4n) is 4.10. The van der Waals surface area contributed by atoms with Gasteiger partial charge < -0.3 is 9.87 Å². The number of nitrogens with one attached hydrogen (secondary N) is 2. The minimum Gasteiger partial charge on any atom is -0.598 e. The maximum atomic E-state index is 13.4. The zero-order chi connectivity index (χ0) is 20.8. The van der Waals surface area contributed by atoms with Crippen molar-refractivity contribution in [2.45, 2.75) is 63.7 Å². The molecule has 4 rings (SSSR count). The van der Waals surface area contributed by atoms with Crippen LogP contribution in [0, 0.1) is 0 Å². The number of hydrogen-bond donors (Lipinski definition) is 2. The summed E-state index contributed by atoms with van der Waals surface area (Å²) in [5.74, 6) is 0. The number of fused-ring (bicyclic) bond motifs is 2. The van der Waals surface area contributed by atoms with Gasteiger partial charge in [0, 0.05) is 42.1 Å². The molecule has 0 fully saturated rings. The molecular weight excluding hydrogens is 401 g/mol. The fourth-order valence-corrected chi connectivity index (χ4v) is 4.87. The van der Waals surface area contributed by atoms with Crippen molar-refractivity contribution in [3.63, 3.8) is 0 Å². The average Bonchev–Trinajstić information content (AvgIpc) is 3.22. The molecule has 2 N–H and O–H groups in total. The number of aromatic nitrogens is 2. The molecule has 9 heteroatoms. The van der Waals surface area contributed by atoms with Crippen molar-refractivity contribution < 1.29 is 17.7 Å². The van der Waals surface area contributed by atoms with Gasteiger partial charge >= 0.3 is 6.18 Å². The van der Waals surface area contributed by atoms with Crippen LogP contribution in [0.3, 0.4) is 0 Å². The highest BCUT2D eigenvalue weighted by Crippen LogP contribution is 2.34. The number of halogens is 3. The van der Waals surface area contributed by atoms with Crippen LogP contribution < -0.4 is 10.0 Å². The predicted molar refractivity (Wildman–Crippen MR) is 106 cm³/mol. The summed E-state index contributed by atoms with van der Waals surface area (Å²) in [6.45, 7) is 5.01. The largest absolute Gasteiger partial charge is 0.598 e. The summed E-state index contributed by atoms with van der Waals surface area (Å²) in [5, 5.41) is 6.99. The molecule has 5 nitrogen and oxygen atoms in total.